The predicted molar refractivity (Wildman–Crippen MR) is 131 cm³/mol. The number of ether oxygens (including phenoxy) is 4. The van der Waals surface area contributed by atoms with E-state index in [0.29, 0.717) is 12.5 Å². The number of aromatic nitrogens is 2. The van der Waals surface area contributed by atoms with Crippen molar-refractivity contribution in [3.8, 4) is 5.75 Å². The summed E-state index contributed by atoms with van der Waals surface area (Å²) in [6.45, 7) is 5.81. The smallest absolute Gasteiger partial charge is 0.330 e. The maximum atomic E-state index is 13.4. The average Bonchev–Trinajstić information content (AvgIpc) is 2.82. The van der Waals surface area contributed by atoms with Gasteiger partial charge >= 0.3 is 11.9 Å². The van der Waals surface area contributed by atoms with Crippen LogP contribution in [0.3, 0.4) is 0 Å². The van der Waals surface area contributed by atoms with Gasteiger partial charge in [-0.25, -0.2) is 9.97 Å². The van der Waals surface area contributed by atoms with Gasteiger partial charge in [0.1, 0.15) is 11.4 Å². The number of esters is 2. The molecule has 2 rings (SSSR count). The van der Waals surface area contributed by atoms with E-state index in [1.165, 1.54) is 38.4 Å². The number of nitrogens with zero attached hydrogens (tertiary/aromatic N) is 3. The molecule has 1 unspecified atom stereocenters. The molecule has 1 atom stereocenters. The summed E-state index contributed by atoms with van der Waals surface area (Å²) in [5.41, 5.74) is -1.43. The van der Waals surface area contributed by atoms with Crippen molar-refractivity contribution < 1.29 is 28.5 Å². The molecule has 0 saturated carbocycles. The maximum Gasteiger partial charge on any atom is 0.330 e. The summed E-state index contributed by atoms with van der Waals surface area (Å²) in [6, 6.07) is 9.18. The number of methoxy groups -OCH3 is 3. The van der Waals surface area contributed by atoms with Crippen molar-refractivity contribution in [1.82, 2.24) is 9.97 Å². The van der Waals surface area contributed by atoms with E-state index in [0.717, 1.165) is 11.3 Å². The van der Waals surface area contributed by atoms with Crippen LogP contribution in [-0.2, 0) is 35.8 Å². The van der Waals surface area contributed by atoms with Gasteiger partial charge in [0.2, 0.25) is 11.4 Å². The number of hydrogen-bond acceptors (Lipinski definition) is 10. The minimum Gasteiger partial charge on any atom is -0.497 e. The molecule has 0 aliphatic heterocycles. The second kappa shape index (κ2) is 12.0. The van der Waals surface area contributed by atoms with Gasteiger partial charge in [-0.2, -0.15) is 0 Å². The highest BCUT2D eigenvalue weighted by Crippen LogP contribution is 2.33. The van der Waals surface area contributed by atoms with Crippen molar-refractivity contribution in [1.29, 1.82) is 0 Å². The van der Waals surface area contributed by atoms with Crippen LogP contribution < -0.4 is 9.04 Å². The molecule has 0 saturated heterocycles. The van der Waals surface area contributed by atoms with Crippen LogP contribution in [0.1, 0.15) is 38.4 Å². The van der Waals surface area contributed by atoms with Gasteiger partial charge in [-0.3, -0.25) is 13.9 Å². The van der Waals surface area contributed by atoms with E-state index in [1.807, 2.05) is 34.8 Å². The van der Waals surface area contributed by atoms with Crippen molar-refractivity contribution >= 4 is 29.8 Å². The van der Waals surface area contributed by atoms with E-state index >= 15 is 0 Å². The first-order valence-electron chi connectivity index (χ1n) is 10.7. The molecule has 0 bridgehead atoms. The van der Waals surface area contributed by atoms with E-state index < -0.39 is 23.0 Å². The third-order valence-electron chi connectivity index (χ3n) is 4.97. The first-order valence-corrected chi connectivity index (χ1v) is 11.9. The lowest BCUT2D eigenvalue weighted by atomic mass is 9.80. The Morgan fingerprint density at radius 3 is 2.24 bits per heavy atom. The molecule has 34 heavy (non-hydrogen) atoms. The summed E-state index contributed by atoms with van der Waals surface area (Å²) >= 11 is 1.42. The average molecular weight is 492 g/mol. The molecule has 0 N–H and O–H groups in total. The van der Waals surface area contributed by atoms with Crippen LogP contribution in [0.5, 0.6) is 5.75 Å². The molecule has 1 aromatic carbocycles. The highest BCUT2D eigenvalue weighted by Gasteiger charge is 2.52. The summed E-state index contributed by atoms with van der Waals surface area (Å²) in [7, 11) is 4.34. The van der Waals surface area contributed by atoms with E-state index in [2.05, 4.69) is 9.97 Å². The van der Waals surface area contributed by atoms with E-state index in [4.69, 9.17) is 18.9 Å². The maximum absolute atomic E-state index is 13.4. The van der Waals surface area contributed by atoms with Crippen LogP contribution in [0.25, 0.3) is 0 Å². The van der Waals surface area contributed by atoms with Gasteiger partial charge in [0.25, 0.3) is 0 Å². The molecule has 0 spiro atoms. The summed E-state index contributed by atoms with van der Waals surface area (Å²) in [4.78, 5) is 35.5. The molecule has 1 heterocycles. The number of carbonyl (C=O) groups is 2. The Kier molecular flexibility index (Phi) is 9.69. The minimum atomic E-state index is -1.81. The Bertz CT molecular complexity index is 964. The highest BCUT2D eigenvalue weighted by molar-refractivity contribution is 7.99. The second-order valence-corrected chi connectivity index (χ2v) is 9.26. The number of benzene rings is 1. The predicted octanol–water partition coefficient (Wildman–Crippen LogP) is 3.56. The molecule has 2 aromatic rings. The Balaban J connectivity index is 2.52. The van der Waals surface area contributed by atoms with Crippen molar-refractivity contribution in [3.05, 3.63) is 47.8 Å². The Morgan fingerprint density at radius 1 is 1.03 bits per heavy atom. The van der Waals surface area contributed by atoms with Crippen LogP contribution in [0.15, 0.2) is 36.5 Å². The summed E-state index contributed by atoms with van der Waals surface area (Å²) < 4.78 is 23.0. The normalized spacial score (nSPS) is 13.0. The Hall–Kier alpha value is -2.85. The quantitative estimate of drug-likeness (QED) is 0.263. The van der Waals surface area contributed by atoms with Crippen molar-refractivity contribution in [2.75, 3.05) is 38.5 Å². The molecule has 0 aliphatic carbocycles. The summed E-state index contributed by atoms with van der Waals surface area (Å²) in [5, 5.41) is 0. The first-order chi connectivity index (χ1) is 16.1. The third kappa shape index (κ3) is 6.60. The minimum absolute atomic E-state index is 0.000707. The molecule has 186 valence electrons. The molecule has 0 fully saturated rings. The number of carbonyl (C=O) groups excluding carboxylic acids is 2. The fourth-order valence-electron chi connectivity index (χ4n) is 3.24. The lowest BCUT2D eigenvalue weighted by Gasteiger charge is -2.32. The first kappa shape index (κ1) is 27.4. The van der Waals surface area contributed by atoms with Crippen molar-refractivity contribution in [3.63, 3.8) is 0 Å². The van der Waals surface area contributed by atoms with E-state index in [9.17, 15) is 9.59 Å². The van der Waals surface area contributed by atoms with Gasteiger partial charge in [-0.1, -0.05) is 24.1 Å². The molecule has 1 aromatic heterocycles. The van der Waals surface area contributed by atoms with Crippen molar-refractivity contribution in [2.24, 2.45) is 0 Å². The Morgan fingerprint density at radius 2 is 1.71 bits per heavy atom. The third-order valence-corrected chi connectivity index (χ3v) is 5.70. The van der Waals surface area contributed by atoms with Gasteiger partial charge in [0.05, 0.1) is 26.5 Å². The number of anilines is 1. The molecular weight excluding hydrogens is 458 g/mol. The molecule has 0 aliphatic rings. The Labute approximate surface area is 205 Å². The summed E-state index contributed by atoms with van der Waals surface area (Å²) in [5.74, 6) is -0.417. The van der Waals surface area contributed by atoms with Gasteiger partial charge in [0.15, 0.2) is 0 Å². The van der Waals surface area contributed by atoms with Gasteiger partial charge in [-0.15, -0.1) is 0 Å². The highest BCUT2D eigenvalue weighted by atomic mass is 32.2. The van der Waals surface area contributed by atoms with E-state index in [-0.39, 0.29) is 18.7 Å². The SMILES string of the molecule is COCCC(C(=O)OC)(C(=O)OC(C)(C)C)c1ccnc(N(Cc2ccc(OC)cc2)SC)n1. The second-order valence-electron chi connectivity index (χ2n) is 8.45. The zero-order valence-electron chi connectivity index (χ0n) is 20.8. The van der Waals surface area contributed by atoms with E-state index in [1.54, 1.807) is 27.9 Å². The molecule has 0 amide bonds. The lowest BCUT2D eigenvalue weighted by Crippen LogP contribution is -2.49. The standard InChI is InChI=1S/C24H33N3O6S/c1-23(2,3)33-21(29)24(13-15-30-4,20(28)32-6)19-12-14-25-22(26-19)27(34-7)16-17-8-10-18(31-5)11-9-17/h8-12,14H,13,15-16H2,1-7H3. The van der Waals surface area contributed by atoms with Crippen LogP contribution in [0.4, 0.5) is 5.95 Å². The van der Waals surface area contributed by atoms with Crippen molar-refractivity contribution in [2.45, 2.75) is 44.8 Å². The zero-order valence-corrected chi connectivity index (χ0v) is 21.6. The summed E-state index contributed by atoms with van der Waals surface area (Å²) in [6.07, 6.45) is 3.41. The molecule has 0 radical (unpaired) electrons. The van der Waals surface area contributed by atoms with Crippen LogP contribution in [0, 0.1) is 0 Å². The molecular formula is C24H33N3O6S. The lowest BCUT2D eigenvalue weighted by molar-refractivity contribution is -0.172. The monoisotopic (exact) mass is 491 g/mol. The fourth-order valence-corrected chi connectivity index (χ4v) is 3.77. The van der Waals surface area contributed by atoms with Gasteiger partial charge in [-0.05, 0) is 44.5 Å². The van der Waals surface area contributed by atoms with Crippen LogP contribution in [-0.4, -0.2) is 61.7 Å². The fraction of sp³-hybridized carbons (Fsp3) is 0.500. The van der Waals surface area contributed by atoms with Gasteiger partial charge in [0, 0.05) is 32.6 Å². The number of hydrogen-bond donors (Lipinski definition) is 0. The number of rotatable bonds is 11. The molecule has 10 heteroatoms. The zero-order chi connectivity index (χ0) is 25.4. The molecule has 9 nitrogen and oxygen atoms in total. The van der Waals surface area contributed by atoms with Crippen LogP contribution in [0.2, 0.25) is 0 Å². The van der Waals surface area contributed by atoms with Crippen LogP contribution >= 0.6 is 11.9 Å². The topological polar surface area (TPSA) is 100 Å². The van der Waals surface area contributed by atoms with Gasteiger partial charge < -0.3 is 18.9 Å². The largest absolute Gasteiger partial charge is 0.497 e.